The van der Waals surface area contributed by atoms with E-state index in [4.69, 9.17) is 0 Å². The summed E-state index contributed by atoms with van der Waals surface area (Å²) in [6.07, 6.45) is 0. The molecule has 7 aromatic carbocycles. The van der Waals surface area contributed by atoms with Crippen molar-refractivity contribution in [2.24, 2.45) is 30.7 Å². The first kappa shape index (κ1) is 36.9. The highest BCUT2D eigenvalue weighted by atomic mass is 32.2. The summed E-state index contributed by atoms with van der Waals surface area (Å²) in [5.41, 5.74) is 6.62. The highest BCUT2D eigenvalue weighted by Gasteiger charge is 2.15. The molecule has 0 aliphatic carbocycles. The van der Waals surface area contributed by atoms with Crippen molar-refractivity contribution >= 4 is 97.3 Å². The van der Waals surface area contributed by atoms with E-state index >= 15 is 4.39 Å². The molecule has 0 saturated carbocycles. The van der Waals surface area contributed by atoms with Gasteiger partial charge in [0.2, 0.25) is 0 Å². The number of phenolic OH excluding ortho intramolecular Hbond substituents is 1. The first-order chi connectivity index (χ1) is 26.0. The van der Waals surface area contributed by atoms with E-state index in [2.05, 4.69) is 61.8 Å². The van der Waals surface area contributed by atoms with Crippen molar-refractivity contribution < 1.29 is 9.50 Å². The van der Waals surface area contributed by atoms with Crippen LogP contribution in [0.3, 0.4) is 0 Å². The molecule has 1 unspecified atom stereocenters. The van der Waals surface area contributed by atoms with Gasteiger partial charge in [0.25, 0.3) is 0 Å². The number of nitrogens with zero attached hydrogens (tertiary/aromatic N) is 6. The van der Waals surface area contributed by atoms with Gasteiger partial charge in [0.05, 0.1) is 22.7 Å². The lowest BCUT2D eigenvalue weighted by Gasteiger charge is -2.11. The maximum Gasteiger partial charge on any atom is 0.152 e. The Morgan fingerprint density at radius 1 is 0.574 bits per heavy atom. The van der Waals surface area contributed by atoms with Crippen LogP contribution in [0, 0.1) is 33.5 Å². The Morgan fingerprint density at radius 3 is 1.83 bits per heavy atom. The molecular weight excluding hydrogens is 732 g/mol. The van der Waals surface area contributed by atoms with Gasteiger partial charge in [0, 0.05) is 30.4 Å². The molecule has 0 aromatic heterocycles. The summed E-state index contributed by atoms with van der Waals surface area (Å²) in [5, 5.41) is 40.4. The Balaban J connectivity index is 1.06. The van der Waals surface area contributed by atoms with Crippen molar-refractivity contribution in [1.82, 2.24) is 0 Å². The normalized spacial score (nSPS) is 12.6. The molecule has 0 bridgehead atoms. The van der Waals surface area contributed by atoms with Gasteiger partial charge in [-0.2, -0.15) is 10.2 Å². The van der Waals surface area contributed by atoms with E-state index in [1.165, 1.54) is 6.07 Å². The summed E-state index contributed by atoms with van der Waals surface area (Å²) in [6, 6.07) is 33.9. The van der Waals surface area contributed by atoms with Crippen molar-refractivity contribution in [2.45, 2.75) is 47.3 Å². The number of benzene rings is 7. The molecule has 7 rings (SSSR count). The summed E-state index contributed by atoms with van der Waals surface area (Å²) >= 11 is 9.08. The molecule has 0 heterocycles. The van der Waals surface area contributed by atoms with Crippen LogP contribution in [0.4, 0.5) is 38.5 Å². The molecule has 0 spiro atoms. The fraction of sp³-hybridized carbons (Fsp3) is 0.0930. The number of phenols is 1. The van der Waals surface area contributed by atoms with Crippen LogP contribution in [0.2, 0.25) is 0 Å². The number of rotatable bonds is 8. The molecule has 1 atom stereocenters. The molecule has 54 heavy (non-hydrogen) atoms. The topological polar surface area (TPSA) is 94.4 Å². The van der Waals surface area contributed by atoms with Gasteiger partial charge in [-0.05, 0) is 140 Å². The second-order valence-corrected chi connectivity index (χ2v) is 15.6. The van der Waals surface area contributed by atoms with Gasteiger partial charge in [-0.3, -0.25) is 0 Å². The van der Waals surface area contributed by atoms with Gasteiger partial charge >= 0.3 is 0 Å². The lowest BCUT2D eigenvalue weighted by molar-refractivity contribution is 0.481. The maximum atomic E-state index is 15.5. The number of azo groups is 3. The van der Waals surface area contributed by atoms with Crippen molar-refractivity contribution in [3.05, 3.63) is 137 Å². The quantitative estimate of drug-likeness (QED) is 0.0802. The zero-order valence-electron chi connectivity index (χ0n) is 29.9. The van der Waals surface area contributed by atoms with E-state index in [0.717, 1.165) is 47.5 Å². The van der Waals surface area contributed by atoms with Gasteiger partial charge in [-0.25, -0.2) is 4.39 Å². The first-order valence-electron chi connectivity index (χ1n) is 16.9. The summed E-state index contributed by atoms with van der Waals surface area (Å²) in [6.45, 7) is 7.76. The van der Waals surface area contributed by atoms with E-state index in [0.29, 0.717) is 44.3 Å². The standard InChI is InChI=1S/C43H35FN6OS3/c1-24-9-20-37(38(52)21-24)48-47-36-8-6-7-32-27(4)41(35(44)22-34(32)36)49-45-28-12-16-30(17-13-28)54(5)31-18-14-29(15-19-31)46-50-42-39(53)23-33-25(2)10-11-26(3)40(33)43(42)51/h6-23,51-53H,5H2,1-4H3. The Kier molecular flexibility index (Phi) is 10.6. The molecule has 11 heteroatoms. The number of thiol groups is 2. The molecule has 0 aliphatic heterocycles. The van der Waals surface area contributed by atoms with Crippen molar-refractivity contribution in [3.8, 4) is 5.75 Å². The second-order valence-electron chi connectivity index (χ2n) is 12.9. The van der Waals surface area contributed by atoms with E-state index in [1.807, 2.05) is 125 Å². The van der Waals surface area contributed by atoms with E-state index < -0.39 is 16.3 Å². The van der Waals surface area contributed by atoms with Crippen LogP contribution in [-0.4, -0.2) is 11.0 Å². The highest BCUT2D eigenvalue weighted by molar-refractivity contribution is 8.14. The average Bonchev–Trinajstić information content (AvgIpc) is 3.16. The molecule has 0 aliphatic rings. The Morgan fingerprint density at radius 2 is 1.19 bits per heavy atom. The van der Waals surface area contributed by atoms with Gasteiger partial charge in [0.1, 0.15) is 11.4 Å². The highest BCUT2D eigenvalue weighted by Crippen LogP contribution is 2.44. The fourth-order valence-corrected chi connectivity index (χ4v) is 7.96. The van der Waals surface area contributed by atoms with Gasteiger partial charge < -0.3 is 5.11 Å². The predicted octanol–water partition coefficient (Wildman–Crippen LogP) is 15.0. The third kappa shape index (κ3) is 7.48. The first-order valence-corrected chi connectivity index (χ1v) is 19.2. The van der Waals surface area contributed by atoms with Crippen LogP contribution in [-0.2, 0) is 0 Å². The van der Waals surface area contributed by atoms with Crippen molar-refractivity contribution in [3.63, 3.8) is 0 Å². The zero-order chi connectivity index (χ0) is 38.1. The molecule has 7 nitrogen and oxygen atoms in total. The molecule has 0 fully saturated rings. The molecule has 268 valence electrons. The molecule has 0 saturated heterocycles. The third-order valence-electron chi connectivity index (χ3n) is 9.17. The molecular formula is C43H35FN6OS3. The number of hydrogen-bond acceptors (Lipinski definition) is 9. The minimum Gasteiger partial charge on any atom is -0.505 e. The number of aryl methyl sites for hydroxylation is 4. The largest absolute Gasteiger partial charge is 0.505 e. The summed E-state index contributed by atoms with van der Waals surface area (Å²) in [4.78, 5) is 3.28. The lowest BCUT2D eigenvalue weighted by atomic mass is 9.99. The van der Waals surface area contributed by atoms with Crippen LogP contribution in [0.5, 0.6) is 5.75 Å². The van der Waals surface area contributed by atoms with Gasteiger partial charge in [-0.1, -0.05) is 36.2 Å². The Labute approximate surface area is 326 Å². The van der Waals surface area contributed by atoms with Gasteiger partial charge in [0.15, 0.2) is 11.6 Å². The minimum atomic E-state index is -0.499. The third-order valence-corrected chi connectivity index (χ3v) is 11.5. The molecule has 0 amide bonds. The fourth-order valence-electron chi connectivity index (χ4n) is 6.15. The van der Waals surface area contributed by atoms with Gasteiger partial charge in [-0.15, -0.1) is 56.2 Å². The monoisotopic (exact) mass is 766 g/mol. The van der Waals surface area contributed by atoms with E-state index in [-0.39, 0.29) is 11.4 Å². The Hall–Kier alpha value is -5.49. The minimum absolute atomic E-state index is 0.0681. The Bertz CT molecular complexity index is 2710. The summed E-state index contributed by atoms with van der Waals surface area (Å²) in [7, 11) is -0.491. The SMILES string of the molecule is C=S(c1ccc(N=Nc2c(F)cc3c(N=Nc4ccc(C)cc4S)cccc3c2C)cc1)c1ccc(N=Nc2c(S)cc3c(C)ccc(C)c3c2O)cc1. The van der Waals surface area contributed by atoms with E-state index in [9.17, 15) is 5.11 Å². The zero-order valence-corrected chi connectivity index (χ0v) is 32.5. The van der Waals surface area contributed by atoms with Crippen LogP contribution < -0.4 is 0 Å². The smallest absolute Gasteiger partial charge is 0.152 e. The van der Waals surface area contributed by atoms with Crippen molar-refractivity contribution in [2.75, 3.05) is 0 Å². The molecule has 1 N–H and O–H groups in total. The van der Waals surface area contributed by atoms with Crippen LogP contribution >= 0.6 is 35.7 Å². The second kappa shape index (κ2) is 15.5. The predicted molar refractivity (Wildman–Crippen MR) is 226 cm³/mol. The van der Waals surface area contributed by atoms with Crippen LogP contribution in [0.25, 0.3) is 21.5 Å². The summed E-state index contributed by atoms with van der Waals surface area (Å²) < 4.78 is 15.5. The van der Waals surface area contributed by atoms with E-state index in [1.54, 1.807) is 6.07 Å². The number of halogens is 1. The maximum absolute atomic E-state index is 15.5. The van der Waals surface area contributed by atoms with Crippen molar-refractivity contribution in [1.29, 1.82) is 0 Å². The molecule has 0 radical (unpaired) electrons. The summed E-state index contributed by atoms with van der Waals surface area (Å²) in [5.74, 6) is 3.97. The average molecular weight is 767 g/mol. The number of fused-ring (bicyclic) bond motifs is 2. The number of aromatic hydroxyl groups is 1. The number of hydrogen-bond donors (Lipinski definition) is 3. The van der Waals surface area contributed by atoms with Crippen LogP contribution in [0.15, 0.2) is 159 Å². The molecule has 7 aromatic rings. The lowest BCUT2D eigenvalue weighted by Crippen LogP contribution is -1.86. The van der Waals surface area contributed by atoms with Crippen LogP contribution in [0.1, 0.15) is 22.3 Å².